The van der Waals surface area contributed by atoms with Crippen molar-refractivity contribution in [2.75, 3.05) is 25.0 Å². The first-order chi connectivity index (χ1) is 11.0. The van der Waals surface area contributed by atoms with Crippen LogP contribution < -0.4 is 5.32 Å². The number of fused-ring (bicyclic) bond motifs is 1. The predicted octanol–water partition coefficient (Wildman–Crippen LogP) is 4.06. The molecule has 1 fully saturated rings. The fourth-order valence-corrected chi connectivity index (χ4v) is 3.07. The number of anilines is 1. The van der Waals surface area contributed by atoms with Crippen LogP contribution in [0.3, 0.4) is 0 Å². The number of piperidine rings is 1. The maximum Gasteiger partial charge on any atom is 0.390 e. The Morgan fingerprint density at radius 1 is 1.22 bits per heavy atom. The Hall–Kier alpha value is -1.82. The molecule has 23 heavy (non-hydrogen) atoms. The number of alkyl halides is 3. The van der Waals surface area contributed by atoms with E-state index in [1.165, 1.54) is 0 Å². The summed E-state index contributed by atoms with van der Waals surface area (Å²) in [5.74, 6) is 0. The summed E-state index contributed by atoms with van der Waals surface area (Å²) in [5.41, 5.74) is 1.01. The molecule has 6 heteroatoms. The van der Waals surface area contributed by atoms with Crippen molar-refractivity contribution in [1.29, 1.82) is 0 Å². The molecule has 0 saturated carbocycles. The van der Waals surface area contributed by atoms with Crippen molar-refractivity contribution >= 4 is 16.5 Å². The summed E-state index contributed by atoms with van der Waals surface area (Å²) in [4.78, 5) is 5.99. The van der Waals surface area contributed by atoms with Gasteiger partial charge in [0, 0.05) is 42.6 Å². The number of rotatable bonds is 4. The van der Waals surface area contributed by atoms with Crippen LogP contribution in [-0.4, -0.2) is 41.7 Å². The Morgan fingerprint density at radius 2 is 2.09 bits per heavy atom. The van der Waals surface area contributed by atoms with Gasteiger partial charge in [0.2, 0.25) is 0 Å². The molecule has 1 aliphatic heterocycles. The lowest BCUT2D eigenvalue weighted by Crippen LogP contribution is -2.43. The van der Waals surface area contributed by atoms with Gasteiger partial charge in [-0.25, -0.2) is 0 Å². The van der Waals surface area contributed by atoms with Crippen molar-refractivity contribution in [3.63, 3.8) is 0 Å². The standard InChI is InChI=1S/C17H20F3N3/c18-17(19,20)6-9-23-8-1-2-16(12-23)22-15-4-3-14-11-21-7-5-13(14)10-15/h3-5,7,10-11,16,22H,1-2,6,8-9,12H2/t16-/m1/s1. The molecule has 0 radical (unpaired) electrons. The van der Waals surface area contributed by atoms with Gasteiger partial charge in [0.1, 0.15) is 0 Å². The first-order valence-electron chi connectivity index (χ1n) is 7.89. The number of likely N-dealkylation sites (tertiary alicyclic amines) is 1. The van der Waals surface area contributed by atoms with Crippen molar-refractivity contribution in [3.8, 4) is 0 Å². The topological polar surface area (TPSA) is 28.2 Å². The predicted molar refractivity (Wildman–Crippen MR) is 85.5 cm³/mol. The molecule has 1 atom stereocenters. The fraction of sp³-hybridized carbons (Fsp3) is 0.471. The monoisotopic (exact) mass is 323 g/mol. The van der Waals surface area contributed by atoms with Crippen LogP contribution in [0.25, 0.3) is 10.8 Å². The van der Waals surface area contributed by atoms with E-state index in [9.17, 15) is 13.2 Å². The highest BCUT2D eigenvalue weighted by Gasteiger charge is 2.29. The number of nitrogens with one attached hydrogen (secondary N) is 1. The molecule has 0 unspecified atom stereocenters. The minimum Gasteiger partial charge on any atom is -0.381 e. The van der Waals surface area contributed by atoms with Gasteiger partial charge in [-0.15, -0.1) is 0 Å². The van der Waals surface area contributed by atoms with E-state index in [4.69, 9.17) is 0 Å². The van der Waals surface area contributed by atoms with Crippen LogP contribution in [-0.2, 0) is 0 Å². The van der Waals surface area contributed by atoms with Gasteiger partial charge < -0.3 is 10.2 Å². The summed E-state index contributed by atoms with van der Waals surface area (Å²) in [6.07, 6.45) is 0.670. The maximum atomic E-state index is 12.4. The Morgan fingerprint density at radius 3 is 2.91 bits per heavy atom. The third-order valence-corrected chi connectivity index (χ3v) is 4.23. The highest BCUT2D eigenvalue weighted by atomic mass is 19.4. The molecule has 1 saturated heterocycles. The van der Waals surface area contributed by atoms with Crippen LogP contribution in [0, 0.1) is 0 Å². The SMILES string of the molecule is FC(F)(F)CCN1CCC[C@@H](Nc2ccc3cnccc3c2)C1. The molecule has 0 spiro atoms. The van der Waals surface area contributed by atoms with Gasteiger partial charge in [-0.3, -0.25) is 4.98 Å². The highest BCUT2D eigenvalue weighted by Crippen LogP contribution is 2.23. The lowest BCUT2D eigenvalue weighted by molar-refractivity contribution is -0.138. The van der Waals surface area contributed by atoms with E-state index < -0.39 is 12.6 Å². The van der Waals surface area contributed by atoms with Crippen molar-refractivity contribution in [3.05, 3.63) is 36.7 Å². The molecule has 1 aromatic carbocycles. The summed E-state index contributed by atoms with van der Waals surface area (Å²) < 4.78 is 37.1. The second-order valence-electron chi connectivity index (χ2n) is 6.09. The van der Waals surface area contributed by atoms with E-state index in [1.54, 1.807) is 6.20 Å². The van der Waals surface area contributed by atoms with Gasteiger partial charge in [-0.2, -0.15) is 13.2 Å². The van der Waals surface area contributed by atoms with E-state index in [0.717, 1.165) is 35.8 Å². The van der Waals surface area contributed by atoms with Crippen LogP contribution >= 0.6 is 0 Å². The van der Waals surface area contributed by atoms with E-state index in [1.807, 2.05) is 29.3 Å². The van der Waals surface area contributed by atoms with Gasteiger partial charge in [0.15, 0.2) is 0 Å². The molecule has 3 nitrogen and oxygen atoms in total. The normalized spacial score (nSPS) is 19.9. The molecule has 0 amide bonds. The minimum atomic E-state index is -4.08. The number of benzene rings is 1. The van der Waals surface area contributed by atoms with E-state index in [-0.39, 0.29) is 12.6 Å². The molecular formula is C17H20F3N3. The molecule has 1 aliphatic rings. The summed E-state index contributed by atoms with van der Waals surface area (Å²) in [6.45, 7) is 1.49. The zero-order valence-electron chi connectivity index (χ0n) is 12.8. The molecule has 2 aromatic rings. The summed E-state index contributed by atoms with van der Waals surface area (Å²) in [6, 6.07) is 8.22. The maximum absolute atomic E-state index is 12.4. The summed E-state index contributed by atoms with van der Waals surface area (Å²) >= 11 is 0. The van der Waals surface area contributed by atoms with E-state index in [2.05, 4.69) is 16.4 Å². The fourth-order valence-electron chi connectivity index (χ4n) is 3.07. The van der Waals surface area contributed by atoms with Crippen LogP contribution in [0.2, 0.25) is 0 Å². The number of nitrogens with zero attached hydrogens (tertiary/aromatic N) is 2. The smallest absolute Gasteiger partial charge is 0.381 e. The van der Waals surface area contributed by atoms with E-state index in [0.29, 0.717) is 6.54 Å². The lowest BCUT2D eigenvalue weighted by atomic mass is 10.0. The Bertz CT molecular complexity index is 657. The van der Waals surface area contributed by atoms with Crippen LogP contribution in [0.15, 0.2) is 36.7 Å². The average Bonchev–Trinajstić information content (AvgIpc) is 2.53. The molecule has 0 aliphatic carbocycles. The van der Waals surface area contributed by atoms with Crippen LogP contribution in [0.1, 0.15) is 19.3 Å². The van der Waals surface area contributed by atoms with Gasteiger partial charge in [0.25, 0.3) is 0 Å². The first kappa shape index (κ1) is 16.1. The van der Waals surface area contributed by atoms with Crippen LogP contribution in [0.4, 0.5) is 18.9 Å². The average molecular weight is 323 g/mol. The van der Waals surface area contributed by atoms with Crippen molar-refractivity contribution in [2.24, 2.45) is 0 Å². The molecule has 0 bridgehead atoms. The summed E-state index contributed by atoms with van der Waals surface area (Å²) in [7, 11) is 0. The molecule has 1 N–H and O–H groups in total. The van der Waals surface area contributed by atoms with Crippen molar-refractivity contribution in [2.45, 2.75) is 31.5 Å². The van der Waals surface area contributed by atoms with Crippen LogP contribution in [0.5, 0.6) is 0 Å². The second-order valence-corrected chi connectivity index (χ2v) is 6.09. The van der Waals surface area contributed by atoms with E-state index >= 15 is 0 Å². The quantitative estimate of drug-likeness (QED) is 0.919. The number of hydrogen-bond acceptors (Lipinski definition) is 3. The Labute approximate surface area is 133 Å². The zero-order chi connectivity index (χ0) is 16.3. The number of pyridine rings is 1. The summed E-state index contributed by atoms with van der Waals surface area (Å²) in [5, 5.41) is 5.64. The molecular weight excluding hydrogens is 303 g/mol. The van der Waals surface area contributed by atoms with Crippen molar-refractivity contribution in [1.82, 2.24) is 9.88 Å². The molecule has 3 rings (SSSR count). The molecule has 1 aromatic heterocycles. The third-order valence-electron chi connectivity index (χ3n) is 4.23. The number of hydrogen-bond donors (Lipinski definition) is 1. The highest BCUT2D eigenvalue weighted by molar-refractivity contribution is 5.84. The van der Waals surface area contributed by atoms with Gasteiger partial charge >= 0.3 is 6.18 Å². The lowest BCUT2D eigenvalue weighted by Gasteiger charge is -2.33. The first-order valence-corrected chi connectivity index (χ1v) is 7.89. The van der Waals surface area contributed by atoms with Gasteiger partial charge in [-0.05, 0) is 43.0 Å². The minimum absolute atomic E-state index is 0.0884. The zero-order valence-corrected chi connectivity index (χ0v) is 12.8. The third kappa shape index (κ3) is 4.58. The Kier molecular flexibility index (Phi) is 4.71. The van der Waals surface area contributed by atoms with Crippen molar-refractivity contribution < 1.29 is 13.2 Å². The number of aromatic nitrogens is 1. The second kappa shape index (κ2) is 6.74. The number of halogens is 3. The molecule has 124 valence electrons. The molecule has 2 heterocycles. The van der Waals surface area contributed by atoms with Gasteiger partial charge in [0.05, 0.1) is 6.42 Å². The largest absolute Gasteiger partial charge is 0.390 e. The Balaban J connectivity index is 1.60. The van der Waals surface area contributed by atoms with Gasteiger partial charge in [-0.1, -0.05) is 6.07 Å².